The Balaban J connectivity index is 1.22. The number of amides is 4. The molecule has 3 aliphatic rings. The van der Waals surface area contributed by atoms with Crippen LogP contribution in [-0.2, 0) is 34.0 Å². The number of likely N-dealkylation sites (N-methyl/N-ethyl adjacent to an activating group) is 1. The van der Waals surface area contributed by atoms with Crippen molar-refractivity contribution in [3.63, 3.8) is 0 Å². The molecule has 2 saturated heterocycles. The van der Waals surface area contributed by atoms with E-state index >= 15 is 0 Å². The summed E-state index contributed by atoms with van der Waals surface area (Å²) in [6.45, 7) is 6.93. The molecule has 2 aromatic rings. The van der Waals surface area contributed by atoms with Crippen molar-refractivity contribution in [3.05, 3.63) is 69.8 Å². The van der Waals surface area contributed by atoms with E-state index in [-0.39, 0.29) is 28.6 Å². The molecule has 0 saturated carbocycles. The number of nitrogens with one attached hydrogen (secondary N) is 2. The molecule has 2 fully saturated rings. The molecule has 0 aliphatic carbocycles. The molecule has 0 radical (unpaired) electrons. The van der Waals surface area contributed by atoms with Crippen molar-refractivity contribution in [2.45, 2.75) is 45.4 Å². The molecule has 37 heavy (non-hydrogen) atoms. The Morgan fingerprint density at radius 1 is 1.14 bits per heavy atom. The number of morpholine rings is 1. The molecule has 194 valence electrons. The van der Waals surface area contributed by atoms with E-state index in [2.05, 4.69) is 15.5 Å². The molecule has 9 nitrogen and oxygen atoms in total. The summed E-state index contributed by atoms with van der Waals surface area (Å²) < 4.78 is 5.35. The summed E-state index contributed by atoms with van der Waals surface area (Å²) in [7, 11) is 1.76. The largest absolute Gasteiger partial charge is 0.379 e. The first-order chi connectivity index (χ1) is 17.7. The fourth-order valence-corrected chi connectivity index (χ4v) is 5.57. The van der Waals surface area contributed by atoms with E-state index in [1.165, 1.54) is 5.56 Å². The Labute approximate surface area is 216 Å². The molecule has 2 unspecified atom stereocenters. The average molecular weight is 506 g/mol. The second kappa shape index (κ2) is 10.2. The number of carbonyl (C=O) groups excluding carboxylic acids is 4. The molecule has 0 bridgehead atoms. The molecule has 3 heterocycles. The van der Waals surface area contributed by atoms with E-state index in [0.717, 1.165) is 49.5 Å². The summed E-state index contributed by atoms with van der Waals surface area (Å²) in [5.74, 6) is -0.954. The van der Waals surface area contributed by atoms with Crippen LogP contribution in [0.15, 0.2) is 36.4 Å². The smallest absolute Gasteiger partial charge is 0.347 e. The Kier molecular flexibility index (Phi) is 6.94. The van der Waals surface area contributed by atoms with Crippen molar-refractivity contribution in [2.24, 2.45) is 0 Å². The lowest BCUT2D eigenvalue weighted by Gasteiger charge is -2.35. The minimum absolute atomic E-state index is 0.0691. The van der Waals surface area contributed by atoms with Gasteiger partial charge in [-0.05, 0) is 47.9 Å². The second-order valence-corrected chi connectivity index (χ2v) is 10.4. The van der Waals surface area contributed by atoms with Crippen molar-refractivity contribution in [1.29, 1.82) is 0 Å². The summed E-state index contributed by atoms with van der Waals surface area (Å²) in [5.41, 5.74) is 5.24. The highest BCUT2D eigenvalue weighted by atomic mass is 16.5. The molecule has 4 amide bonds. The molecular weight excluding hydrogens is 472 g/mol. The van der Waals surface area contributed by atoms with E-state index in [4.69, 9.17) is 4.74 Å². The zero-order valence-corrected chi connectivity index (χ0v) is 21.3. The predicted molar refractivity (Wildman–Crippen MR) is 135 cm³/mol. The van der Waals surface area contributed by atoms with Gasteiger partial charge in [-0.3, -0.25) is 24.6 Å². The summed E-state index contributed by atoms with van der Waals surface area (Å²) in [6, 6.07) is 10.8. The molecule has 5 rings (SSSR count). The number of rotatable bonds is 6. The zero-order chi connectivity index (χ0) is 26.2. The summed E-state index contributed by atoms with van der Waals surface area (Å²) in [5, 5.41) is 5.35. The zero-order valence-electron chi connectivity index (χ0n) is 21.3. The van der Waals surface area contributed by atoms with E-state index in [0.29, 0.717) is 30.6 Å². The maximum Gasteiger partial charge on any atom is 0.347 e. The highest BCUT2D eigenvalue weighted by Crippen LogP contribution is 2.34. The Hall–Kier alpha value is -3.40. The van der Waals surface area contributed by atoms with Crippen LogP contribution >= 0.6 is 0 Å². The van der Waals surface area contributed by atoms with Gasteiger partial charge in [-0.25, -0.2) is 9.28 Å². The standard InChI is InChI=1S/C28H32N4O5/c1-18-13-20(4-5-21(18)16-31-9-11-37-12-10-31)26(34)29-15-19-3-6-23-22(14-19)17-32(2,28(23)36)24-7-8-25(33)30-27(24)35/h3-6,13-14,24H,7-12,15-17H2,1-2H3,(H-,29,30,33,34,35)/p+1. The Bertz CT molecular complexity index is 1270. The summed E-state index contributed by atoms with van der Waals surface area (Å²) in [4.78, 5) is 52.5. The number of aryl methyl sites for hydroxylation is 1. The Morgan fingerprint density at radius 3 is 2.65 bits per heavy atom. The van der Waals surface area contributed by atoms with Gasteiger partial charge in [0.05, 0.1) is 25.8 Å². The number of piperidine rings is 1. The van der Waals surface area contributed by atoms with Gasteiger partial charge in [0.15, 0.2) is 6.04 Å². The highest BCUT2D eigenvalue weighted by Gasteiger charge is 2.51. The van der Waals surface area contributed by atoms with E-state index in [1.807, 2.05) is 37.3 Å². The van der Waals surface area contributed by atoms with Gasteiger partial charge in [0.25, 0.3) is 11.8 Å². The van der Waals surface area contributed by atoms with Crippen molar-refractivity contribution in [1.82, 2.24) is 15.5 Å². The molecule has 3 aliphatic heterocycles. The number of nitrogens with zero attached hydrogens (tertiary/aromatic N) is 2. The number of ether oxygens (including phenoxy) is 1. The van der Waals surface area contributed by atoms with Crippen LogP contribution in [0.2, 0.25) is 0 Å². The van der Waals surface area contributed by atoms with E-state index in [9.17, 15) is 19.2 Å². The number of quaternary nitrogens is 1. The first kappa shape index (κ1) is 25.3. The maximum absolute atomic E-state index is 13.2. The highest BCUT2D eigenvalue weighted by molar-refractivity contribution is 6.02. The molecule has 2 atom stereocenters. The lowest BCUT2D eigenvalue weighted by atomic mass is 10.0. The first-order valence-corrected chi connectivity index (χ1v) is 12.8. The quantitative estimate of drug-likeness (QED) is 0.457. The van der Waals surface area contributed by atoms with Crippen molar-refractivity contribution in [2.75, 3.05) is 33.4 Å². The van der Waals surface area contributed by atoms with Gasteiger partial charge in [0, 0.05) is 50.1 Å². The van der Waals surface area contributed by atoms with Gasteiger partial charge in [-0.1, -0.05) is 12.1 Å². The maximum atomic E-state index is 13.2. The van der Waals surface area contributed by atoms with Crippen LogP contribution < -0.4 is 10.6 Å². The third-order valence-electron chi connectivity index (χ3n) is 7.82. The molecule has 2 aromatic carbocycles. The minimum Gasteiger partial charge on any atom is -0.379 e. The number of hydrogen-bond acceptors (Lipinski definition) is 6. The SMILES string of the molecule is Cc1cc(C(=O)NCc2ccc3c(c2)C[N+](C)(C2CCC(=O)NC2=O)C3=O)ccc1CN1CCOCC1. The molecule has 2 N–H and O–H groups in total. The van der Waals surface area contributed by atoms with E-state index < -0.39 is 11.9 Å². The van der Waals surface area contributed by atoms with Crippen LogP contribution in [0.5, 0.6) is 0 Å². The van der Waals surface area contributed by atoms with Gasteiger partial charge < -0.3 is 10.1 Å². The van der Waals surface area contributed by atoms with E-state index in [1.54, 1.807) is 13.1 Å². The average Bonchev–Trinajstić information content (AvgIpc) is 3.14. The van der Waals surface area contributed by atoms with Gasteiger partial charge in [0.2, 0.25) is 5.91 Å². The van der Waals surface area contributed by atoms with Gasteiger partial charge in [0.1, 0.15) is 6.54 Å². The lowest BCUT2D eigenvalue weighted by molar-refractivity contribution is -0.855. The first-order valence-electron chi connectivity index (χ1n) is 12.8. The fourth-order valence-electron chi connectivity index (χ4n) is 5.57. The van der Waals surface area contributed by atoms with Crippen LogP contribution in [0, 0.1) is 6.92 Å². The number of hydrogen-bond donors (Lipinski definition) is 2. The van der Waals surface area contributed by atoms with Crippen molar-refractivity contribution < 1.29 is 28.4 Å². The second-order valence-electron chi connectivity index (χ2n) is 10.4. The normalized spacial score (nSPS) is 24.1. The molecule has 0 aromatic heterocycles. The van der Waals surface area contributed by atoms with Gasteiger partial charge >= 0.3 is 5.91 Å². The summed E-state index contributed by atoms with van der Waals surface area (Å²) in [6.07, 6.45) is 0.591. The van der Waals surface area contributed by atoms with Crippen LogP contribution in [0.25, 0.3) is 0 Å². The number of carbonyl (C=O) groups is 4. The fraction of sp³-hybridized carbons (Fsp3) is 0.429. The summed E-state index contributed by atoms with van der Waals surface area (Å²) >= 11 is 0. The number of imide groups is 1. The van der Waals surface area contributed by atoms with Gasteiger partial charge in [-0.15, -0.1) is 0 Å². The Morgan fingerprint density at radius 2 is 1.92 bits per heavy atom. The predicted octanol–water partition coefficient (Wildman–Crippen LogP) is 1.66. The van der Waals surface area contributed by atoms with Crippen molar-refractivity contribution >= 4 is 23.6 Å². The third kappa shape index (κ3) is 5.07. The molecule has 0 spiro atoms. The minimum atomic E-state index is -0.588. The lowest BCUT2D eigenvalue weighted by Crippen LogP contribution is -2.61. The molecule has 9 heteroatoms. The van der Waals surface area contributed by atoms with Crippen LogP contribution in [0.3, 0.4) is 0 Å². The third-order valence-corrected chi connectivity index (χ3v) is 7.82. The van der Waals surface area contributed by atoms with Crippen LogP contribution in [-0.4, -0.2) is 72.4 Å². The number of benzene rings is 2. The number of fused-ring (bicyclic) bond motifs is 1. The topological polar surface area (TPSA) is 105 Å². The van der Waals surface area contributed by atoms with Crippen LogP contribution in [0.4, 0.5) is 0 Å². The van der Waals surface area contributed by atoms with Crippen LogP contribution in [0.1, 0.15) is 55.8 Å². The monoisotopic (exact) mass is 505 g/mol. The van der Waals surface area contributed by atoms with Gasteiger partial charge in [-0.2, -0.15) is 0 Å². The molecular formula is C28H33N4O5+. The van der Waals surface area contributed by atoms with Crippen molar-refractivity contribution in [3.8, 4) is 0 Å².